The second-order valence-corrected chi connectivity index (χ2v) is 6.33. The number of rotatable bonds is 6. The Kier molecular flexibility index (Phi) is 6.04. The first-order valence-corrected chi connectivity index (χ1v) is 8.85. The Labute approximate surface area is 167 Å². The highest BCUT2D eigenvalue weighted by Crippen LogP contribution is 2.39. The molecule has 150 valence electrons. The fraction of sp³-hybridized carbons (Fsp3) is 0.238. The van der Waals surface area contributed by atoms with E-state index in [9.17, 15) is 19.5 Å². The van der Waals surface area contributed by atoms with Gasteiger partial charge in [0.2, 0.25) is 0 Å². The highest BCUT2D eigenvalue weighted by molar-refractivity contribution is 6.46. The summed E-state index contributed by atoms with van der Waals surface area (Å²) in [5, 5.41) is 10.8. The Bertz CT molecular complexity index is 953. The SMILES string of the molecule is COCCN1C(=O)C(=O)/C(=C(/O)c2ccncc2)C1c1ccc(C(=O)OC)cc1. The molecule has 3 rings (SSSR count). The number of esters is 1. The Morgan fingerprint density at radius 2 is 1.72 bits per heavy atom. The lowest BCUT2D eigenvalue weighted by Crippen LogP contribution is -2.32. The largest absolute Gasteiger partial charge is 0.507 e. The fourth-order valence-electron chi connectivity index (χ4n) is 3.23. The normalized spacial score (nSPS) is 18.1. The van der Waals surface area contributed by atoms with Crippen LogP contribution in [0, 0.1) is 0 Å². The van der Waals surface area contributed by atoms with E-state index in [2.05, 4.69) is 4.98 Å². The quantitative estimate of drug-likeness (QED) is 0.344. The zero-order chi connectivity index (χ0) is 21.0. The molecule has 0 bridgehead atoms. The minimum atomic E-state index is -0.815. The van der Waals surface area contributed by atoms with E-state index in [0.29, 0.717) is 16.7 Å². The molecule has 1 amide bonds. The lowest BCUT2D eigenvalue weighted by Gasteiger charge is -2.25. The summed E-state index contributed by atoms with van der Waals surface area (Å²) in [4.78, 5) is 42.4. The van der Waals surface area contributed by atoms with Crippen LogP contribution in [-0.4, -0.2) is 60.0 Å². The maximum atomic E-state index is 12.8. The number of aliphatic hydroxyl groups is 1. The molecule has 2 aromatic rings. The van der Waals surface area contributed by atoms with Gasteiger partial charge in [-0.05, 0) is 29.8 Å². The van der Waals surface area contributed by atoms with Crippen LogP contribution in [0.2, 0.25) is 0 Å². The van der Waals surface area contributed by atoms with Crippen molar-refractivity contribution in [3.05, 3.63) is 71.1 Å². The summed E-state index contributed by atoms with van der Waals surface area (Å²) in [6.07, 6.45) is 2.96. The number of aromatic nitrogens is 1. The van der Waals surface area contributed by atoms with E-state index in [4.69, 9.17) is 9.47 Å². The summed E-state index contributed by atoms with van der Waals surface area (Å²) in [6, 6.07) is 8.63. The number of likely N-dealkylation sites (tertiary alicyclic amines) is 1. The van der Waals surface area contributed by atoms with Gasteiger partial charge >= 0.3 is 5.97 Å². The minimum Gasteiger partial charge on any atom is -0.507 e. The maximum absolute atomic E-state index is 12.8. The van der Waals surface area contributed by atoms with Crippen LogP contribution >= 0.6 is 0 Å². The summed E-state index contributed by atoms with van der Waals surface area (Å²) in [5.41, 5.74) is 1.26. The number of methoxy groups -OCH3 is 2. The molecule has 2 heterocycles. The zero-order valence-electron chi connectivity index (χ0n) is 16.0. The minimum absolute atomic E-state index is 0.0249. The topological polar surface area (TPSA) is 106 Å². The smallest absolute Gasteiger partial charge is 0.337 e. The van der Waals surface area contributed by atoms with Crippen molar-refractivity contribution in [3.63, 3.8) is 0 Å². The lowest BCUT2D eigenvalue weighted by atomic mass is 9.95. The molecule has 0 saturated carbocycles. The van der Waals surface area contributed by atoms with E-state index in [0.717, 1.165) is 0 Å². The molecule has 1 unspecified atom stereocenters. The monoisotopic (exact) mass is 396 g/mol. The average Bonchev–Trinajstić information content (AvgIpc) is 3.02. The van der Waals surface area contributed by atoms with Crippen molar-refractivity contribution in [3.8, 4) is 0 Å². The molecule has 1 aliphatic heterocycles. The number of ketones is 1. The van der Waals surface area contributed by atoms with Crippen molar-refractivity contribution < 1.29 is 29.0 Å². The molecular formula is C21H20N2O6. The second-order valence-electron chi connectivity index (χ2n) is 6.33. The van der Waals surface area contributed by atoms with Crippen LogP contribution in [0.5, 0.6) is 0 Å². The maximum Gasteiger partial charge on any atom is 0.337 e. The predicted octanol–water partition coefficient (Wildman–Crippen LogP) is 1.94. The molecule has 1 aromatic carbocycles. The molecular weight excluding hydrogens is 376 g/mol. The molecule has 1 aromatic heterocycles. The molecule has 1 N–H and O–H groups in total. The molecule has 29 heavy (non-hydrogen) atoms. The zero-order valence-corrected chi connectivity index (χ0v) is 16.0. The number of hydrogen-bond donors (Lipinski definition) is 1. The van der Waals surface area contributed by atoms with Gasteiger partial charge in [0.05, 0.1) is 30.9 Å². The van der Waals surface area contributed by atoms with Crippen molar-refractivity contribution in [2.24, 2.45) is 0 Å². The molecule has 1 fully saturated rings. The van der Waals surface area contributed by atoms with Crippen molar-refractivity contribution in [2.75, 3.05) is 27.4 Å². The van der Waals surface area contributed by atoms with Gasteiger partial charge < -0.3 is 19.5 Å². The molecule has 0 spiro atoms. The van der Waals surface area contributed by atoms with Crippen LogP contribution < -0.4 is 0 Å². The molecule has 8 heteroatoms. The van der Waals surface area contributed by atoms with Crippen molar-refractivity contribution in [2.45, 2.75) is 6.04 Å². The number of aliphatic hydroxyl groups excluding tert-OH is 1. The second kappa shape index (κ2) is 8.66. The van der Waals surface area contributed by atoms with Gasteiger partial charge in [0, 0.05) is 31.6 Å². The van der Waals surface area contributed by atoms with E-state index < -0.39 is 23.7 Å². The van der Waals surface area contributed by atoms with Crippen LogP contribution in [0.3, 0.4) is 0 Å². The van der Waals surface area contributed by atoms with E-state index in [1.54, 1.807) is 36.4 Å². The van der Waals surface area contributed by atoms with Gasteiger partial charge in [0.25, 0.3) is 11.7 Å². The van der Waals surface area contributed by atoms with Crippen molar-refractivity contribution >= 4 is 23.4 Å². The molecule has 1 aliphatic rings. The molecule has 1 saturated heterocycles. The summed E-state index contributed by atoms with van der Waals surface area (Å²) in [6.45, 7) is 0.386. The summed E-state index contributed by atoms with van der Waals surface area (Å²) in [5.74, 6) is -2.29. The molecule has 8 nitrogen and oxygen atoms in total. The Morgan fingerprint density at radius 3 is 2.31 bits per heavy atom. The number of ether oxygens (including phenoxy) is 2. The summed E-state index contributed by atoms with van der Waals surface area (Å²) in [7, 11) is 2.78. The van der Waals surface area contributed by atoms with E-state index in [1.165, 1.54) is 31.5 Å². The van der Waals surface area contributed by atoms with Crippen molar-refractivity contribution in [1.29, 1.82) is 0 Å². The van der Waals surface area contributed by atoms with Crippen LogP contribution in [0.25, 0.3) is 5.76 Å². The Hall–Kier alpha value is -3.52. The predicted molar refractivity (Wildman–Crippen MR) is 103 cm³/mol. The van der Waals surface area contributed by atoms with Gasteiger partial charge in [-0.15, -0.1) is 0 Å². The number of pyridine rings is 1. The first-order valence-electron chi connectivity index (χ1n) is 8.85. The first kappa shape index (κ1) is 20.2. The molecule has 0 aliphatic carbocycles. The first-order chi connectivity index (χ1) is 14.0. The van der Waals surface area contributed by atoms with Gasteiger partial charge in [0.15, 0.2) is 0 Å². The number of nitrogens with zero attached hydrogens (tertiary/aromatic N) is 2. The van der Waals surface area contributed by atoms with Gasteiger partial charge in [-0.1, -0.05) is 12.1 Å². The third kappa shape index (κ3) is 3.88. The van der Waals surface area contributed by atoms with E-state index in [-0.39, 0.29) is 24.5 Å². The van der Waals surface area contributed by atoms with Crippen LogP contribution in [0.4, 0.5) is 0 Å². The number of amides is 1. The number of hydrogen-bond acceptors (Lipinski definition) is 7. The van der Waals surface area contributed by atoms with E-state index >= 15 is 0 Å². The van der Waals surface area contributed by atoms with Crippen molar-refractivity contribution in [1.82, 2.24) is 9.88 Å². The van der Waals surface area contributed by atoms with Gasteiger partial charge in [-0.25, -0.2) is 4.79 Å². The van der Waals surface area contributed by atoms with Crippen LogP contribution in [-0.2, 0) is 19.1 Å². The van der Waals surface area contributed by atoms with Gasteiger partial charge in [0.1, 0.15) is 5.76 Å². The molecule has 1 atom stereocenters. The van der Waals surface area contributed by atoms with Crippen LogP contribution in [0.15, 0.2) is 54.4 Å². The lowest BCUT2D eigenvalue weighted by molar-refractivity contribution is -0.140. The van der Waals surface area contributed by atoms with Crippen LogP contribution in [0.1, 0.15) is 27.5 Å². The third-order valence-electron chi connectivity index (χ3n) is 4.68. The standard InChI is InChI=1S/C21H20N2O6/c1-28-12-11-23-17(13-3-5-15(6-4-13)21(27)29-2)16(19(25)20(23)26)18(24)14-7-9-22-10-8-14/h3-10,17,24H,11-12H2,1-2H3/b18-16+. The number of Topliss-reactive ketones (excluding diaryl/α,β-unsaturated/α-hetero) is 1. The Balaban J connectivity index is 2.11. The average molecular weight is 396 g/mol. The van der Waals surface area contributed by atoms with Gasteiger partial charge in [-0.3, -0.25) is 14.6 Å². The number of carbonyl (C=O) groups excluding carboxylic acids is 3. The number of carbonyl (C=O) groups is 3. The Morgan fingerprint density at radius 1 is 1.07 bits per heavy atom. The van der Waals surface area contributed by atoms with E-state index in [1.807, 2.05) is 0 Å². The fourth-order valence-corrected chi connectivity index (χ4v) is 3.23. The molecule has 0 radical (unpaired) electrons. The third-order valence-corrected chi connectivity index (χ3v) is 4.68. The highest BCUT2D eigenvalue weighted by atomic mass is 16.5. The summed E-state index contributed by atoms with van der Waals surface area (Å²) >= 11 is 0. The summed E-state index contributed by atoms with van der Waals surface area (Å²) < 4.78 is 9.76. The van der Waals surface area contributed by atoms with Gasteiger partial charge in [-0.2, -0.15) is 0 Å². The number of benzene rings is 1. The highest BCUT2D eigenvalue weighted by Gasteiger charge is 2.45.